The number of hydrogen-bond donors (Lipinski definition) is 0. The fourth-order valence-corrected chi connectivity index (χ4v) is 0.149. The quantitative estimate of drug-likeness (QED) is 0.535. The van der Waals surface area contributed by atoms with Gasteiger partial charge in [-0.25, -0.2) is 0 Å². The molecule has 0 aromatic carbocycles. The number of hydrogen-bond acceptors (Lipinski definition) is 1. The van der Waals surface area contributed by atoms with Crippen molar-refractivity contribution in [2.75, 3.05) is 0 Å². The van der Waals surface area contributed by atoms with E-state index in [9.17, 15) is 18.0 Å². The number of rotatable bonds is 1. The van der Waals surface area contributed by atoms with Crippen LogP contribution in [-0.4, -0.2) is 12.1 Å². The Morgan fingerprint density at radius 1 is 1.56 bits per heavy atom. The van der Waals surface area contributed by atoms with Gasteiger partial charge in [0.1, 0.15) is 5.92 Å². The third-order valence-corrected chi connectivity index (χ3v) is 0.884. The summed E-state index contributed by atoms with van der Waals surface area (Å²) in [5, 5.41) is 0. The highest BCUT2D eigenvalue weighted by atomic mass is 19.4. The third-order valence-electron chi connectivity index (χ3n) is 0.884. The highest BCUT2D eigenvalue weighted by molar-refractivity contribution is 5.76. The van der Waals surface area contributed by atoms with Crippen molar-refractivity contribution in [3.05, 3.63) is 0 Å². The van der Waals surface area contributed by atoms with Gasteiger partial charge in [-0.05, 0) is 6.92 Å². The molecule has 2 nitrogen and oxygen atoms in total. The van der Waals surface area contributed by atoms with Crippen molar-refractivity contribution in [1.82, 2.24) is 5.73 Å². The average Bonchev–Trinajstić information content (AvgIpc) is 1.62. The van der Waals surface area contributed by atoms with Crippen LogP contribution in [0.4, 0.5) is 13.2 Å². The number of nitrogens with one attached hydrogen (secondary N) is 1. The summed E-state index contributed by atoms with van der Waals surface area (Å²) in [5.74, 6) is -3.75. The van der Waals surface area contributed by atoms with Crippen molar-refractivity contribution >= 4 is 5.91 Å². The molecule has 53 valence electrons. The van der Waals surface area contributed by atoms with E-state index in [2.05, 4.69) is 0 Å². The molecule has 0 heterocycles. The van der Waals surface area contributed by atoms with Crippen molar-refractivity contribution < 1.29 is 18.0 Å². The minimum absolute atomic E-state index is 0.662. The Labute approximate surface area is 49.8 Å². The lowest BCUT2D eigenvalue weighted by molar-refractivity contribution is -0.177. The zero-order valence-electron chi connectivity index (χ0n) is 4.62. The average molecular weight is 140 g/mol. The van der Waals surface area contributed by atoms with E-state index in [0.29, 0.717) is 6.92 Å². The summed E-state index contributed by atoms with van der Waals surface area (Å²) < 4.78 is 34.1. The predicted molar refractivity (Wildman–Crippen MR) is 23.3 cm³/mol. The lowest BCUT2D eigenvalue weighted by Gasteiger charge is -2.09. The second kappa shape index (κ2) is 2.24. The standard InChI is InChI=1S/C4H5F3NO/c1-2(3(8)9)4(5,6)7/h2,8H,1H3/t2-/m0/s1. The van der Waals surface area contributed by atoms with Gasteiger partial charge in [0, 0.05) is 0 Å². The van der Waals surface area contributed by atoms with Crippen LogP contribution in [0.2, 0.25) is 0 Å². The Bertz CT molecular complexity index is 119. The topological polar surface area (TPSA) is 40.9 Å². The van der Waals surface area contributed by atoms with Gasteiger partial charge in [-0.2, -0.15) is 13.2 Å². The van der Waals surface area contributed by atoms with E-state index >= 15 is 0 Å². The number of carbonyl (C=O) groups excluding carboxylic acids is 1. The van der Waals surface area contributed by atoms with Gasteiger partial charge in [0.05, 0.1) is 0 Å². The molecule has 0 rings (SSSR count). The summed E-state index contributed by atoms with van der Waals surface area (Å²) in [5.41, 5.74) is 6.08. The van der Waals surface area contributed by atoms with Crippen LogP contribution in [0.3, 0.4) is 0 Å². The maximum atomic E-state index is 11.4. The van der Waals surface area contributed by atoms with E-state index in [1.165, 1.54) is 0 Å². The molecule has 0 unspecified atom stereocenters. The van der Waals surface area contributed by atoms with Gasteiger partial charge < -0.3 is 0 Å². The van der Waals surface area contributed by atoms with Crippen LogP contribution in [0.1, 0.15) is 6.92 Å². The minimum Gasteiger partial charge on any atom is -0.273 e. The molecule has 0 fully saturated rings. The molecule has 0 saturated heterocycles. The molecule has 0 aromatic rings. The summed E-state index contributed by atoms with van der Waals surface area (Å²) in [7, 11) is 0. The van der Waals surface area contributed by atoms with Crippen molar-refractivity contribution in [1.29, 1.82) is 0 Å². The molecule has 0 aliphatic heterocycles. The molecule has 9 heavy (non-hydrogen) atoms. The predicted octanol–water partition coefficient (Wildman–Crippen LogP) is 0.994. The van der Waals surface area contributed by atoms with Crippen LogP contribution in [0.5, 0.6) is 0 Å². The van der Waals surface area contributed by atoms with Crippen molar-refractivity contribution in [3.63, 3.8) is 0 Å². The van der Waals surface area contributed by atoms with Gasteiger partial charge >= 0.3 is 6.18 Å². The van der Waals surface area contributed by atoms with Crippen molar-refractivity contribution in [2.24, 2.45) is 5.92 Å². The monoisotopic (exact) mass is 140 g/mol. The zero-order valence-corrected chi connectivity index (χ0v) is 4.62. The van der Waals surface area contributed by atoms with Crippen molar-refractivity contribution in [3.8, 4) is 0 Å². The van der Waals surface area contributed by atoms with E-state index in [-0.39, 0.29) is 0 Å². The van der Waals surface area contributed by atoms with Gasteiger partial charge in [-0.1, -0.05) is 0 Å². The first kappa shape index (κ1) is 8.26. The van der Waals surface area contributed by atoms with Crippen LogP contribution in [0.15, 0.2) is 0 Å². The van der Waals surface area contributed by atoms with E-state index in [1.807, 2.05) is 0 Å². The number of amides is 1. The maximum Gasteiger partial charge on any atom is 0.400 e. The van der Waals surface area contributed by atoms with E-state index in [4.69, 9.17) is 5.73 Å². The van der Waals surface area contributed by atoms with Gasteiger partial charge in [0.15, 0.2) is 0 Å². The highest BCUT2D eigenvalue weighted by Crippen LogP contribution is 2.25. The smallest absolute Gasteiger partial charge is 0.273 e. The van der Waals surface area contributed by atoms with Gasteiger partial charge in [-0.3, -0.25) is 10.5 Å². The first-order chi connectivity index (χ1) is 3.85. The Balaban J connectivity index is 4.04. The highest BCUT2D eigenvalue weighted by Gasteiger charge is 2.40. The molecule has 1 N–H and O–H groups in total. The van der Waals surface area contributed by atoms with Crippen LogP contribution in [-0.2, 0) is 4.79 Å². The van der Waals surface area contributed by atoms with Crippen LogP contribution < -0.4 is 5.73 Å². The molecule has 1 atom stereocenters. The second-order valence-electron chi connectivity index (χ2n) is 1.63. The van der Waals surface area contributed by atoms with E-state index < -0.39 is 18.0 Å². The fourth-order valence-electron chi connectivity index (χ4n) is 0.149. The fraction of sp³-hybridized carbons (Fsp3) is 0.750. The van der Waals surface area contributed by atoms with Crippen molar-refractivity contribution in [2.45, 2.75) is 13.1 Å². The summed E-state index contributed by atoms with van der Waals surface area (Å²) in [6, 6.07) is 0. The molecule has 0 aromatic heterocycles. The van der Waals surface area contributed by atoms with Crippen LogP contribution in [0.25, 0.3) is 0 Å². The number of halogens is 3. The summed E-state index contributed by atoms with van der Waals surface area (Å²) >= 11 is 0. The molecule has 1 amide bonds. The zero-order chi connectivity index (χ0) is 7.65. The van der Waals surface area contributed by atoms with Gasteiger partial charge in [0.2, 0.25) is 5.91 Å². The van der Waals surface area contributed by atoms with E-state index in [1.54, 1.807) is 0 Å². The first-order valence-electron chi connectivity index (χ1n) is 2.18. The van der Waals surface area contributed by atoms with Crippen LogP contribution in [0, 0.1) is 5.92 Å². The second-order valence-corrected chi connectivity index (χ2v) is 1.63. The van der Waals surface area contributed by atoms with Gasteiger partial charge in [-0.15, -0.1) is 0 Å². The molecule has 5 heteroatoms. The Morgan fingerprint density at radius 3 is 1.89 bits per heavy atom. The molecule has 0 saturated carbocycles. The Kier molecular flexibility index (Phi) is 2.06. The van der Waals surface area contributed by atoms with E-state index in [0.717, 1.165) is 0 Å². The summed E-state index contributed by atoms with van der Waals surface area (Å²) in [4.78, 5) is 9.74. The molecule has 0 spiro atoms. The minimum atomic E-state index is -4.56. The van der Waals surface area contributed by atoms with Gasteiger partial charge in [0.25, 0.3) is 0 Å². The van der Waals surface area contributed by atoms with Crippen LogP contribution >= 0.6 is 0 Å². The Hall–Kier alpha value is -0.740. The molecule has 0 aliphatic carbocycles. The summed E-state index contributed by atoms with van der Waals surface area (Å²) in [6.07, 6.45) is -4.56. The SMILES string of the molecule is C[C@@H](C([NH])=O)C(F)(F)F. The molecule has 1 radical (unpaired) electrons. The number of carbonyl (C=O) groups is 1. The molecular weight excluding hydrogens is 135 g/mol. The maximum absolute atomic E-state index is 11.4. The molecular formula is C4H5F3NO. The lowest BCUT2D eigenvalue weighted by atomic mass is 10.2. The number of alkyl halides is 3. The first-order valence-corrected chi connectivity index (χ1v) is 2.18. The third kappa shape index (κ3) is 2.34. The molecule has 0 aliphatic rings. The lowest BCUT2D eigenvalue weighted by Crippen LogP contribution is -2.28. The summed E-state index contributed by atoms with van der Waals surface area (Å²) in [6.45, 7) is 0.662. The largest absolute Gasteiger partial charge is 0.400 e. The molecule has 0 bridgehead atoms. The Morgan fingerprint density at radius 2 is 1.89 bits per heavy atom. The normalized spacial score (nSPS) is 15.1.